The molecule has 0 heterocycles. The lowest BCUT2D eigenvalue weighted by molar-refractivity contribution is 0.210. The second-order valence-electron chi connectivity index (χ2n) is 9.69. The van der Waals surface area contributed by atoms with E-state index in [4.69, 9.17) is 4.74 Å². The fraction of sp³-hybridized carbons (Fsp3) is 0.786. The number of benzene rings is 1. The third-order valence-electron chi connectivity index (χ3n) is 6.71. The van der Waals surface area contributed by atoms with Gasteiger partial charge in [-0.25, -0.2) is 0 Å². The number of rotatable bonds is 20. The Hall–Kier alpha value is -1.07. The number of hydrogen-bond acceptors (Lipinski definition) is 3. The highest BCUT2D eigenvalue weighted by Gasteiger charge is 2.27. The molecule has 1 aromatic rings. The minimum atomic E-state index is -4.14. The van der Waals surface area contributed by atoms with E-state index >= 15 is 0 Å². The van der Waals surface area contributed by atoms with Crippen LogP contribution in [-0.4, -0.2) is 24.3 Å². The maximum absolute atomic E-state index is 11.6. The summed E-state index contributed by atoms with van der Waals surface area (Å²) in [7, 11) is -4.14. The molecule has 1 rings (SSSR count). The molecule has 0 fully saturated rings. The number of unbranched alkanes of at least 4 members (excludes halogenated alkanes) is 12. The van der Waals surface area contributed by atoms with Gasteiger partial charge in [-0.1, -0.05) is 109 Å². The fourth-order valence-electron chi connectivity index (χ4n) is 4.25. The van der Waals surface area contributed by atoms with E-state index in [9.17, 15) is 13.0 Å². The minimum Gasteiger partial charge on any atom is -0.489 e. The quantitative estimate of drug-likeness (QED) is 0.150. The van der Waals surface area contributed by atoms with Crippen molar-refractivity contribution in [3.05, 3.63) is 29.3 Å². The van der Waals surface area contributed by atoms with Crippen LogP contribution in [0.2, 0.25) is 0 Å². The van der Waals surface area contributed by atoms with Crippen LogP contribution in [0.15, 0.2) is 18.2 Å². The van der Waals surface area contributed by atoms with Crippen molar-refractivity contribution in [2.75, 3.05) is 0 Å². The molecular formula is C28H50O4S. The van der Waals surface area contributed by atoms with E-state index in [1.54, 1.807) is 6.92 Å². The number of para-hydroxylation sites is 1. The van der Waals surface area contributed by atoms with Crippen LogP contribution in [-0.2, 0) is 23.0 Å². The van der Waals surface area contributed by atoms with Crippen molar-refractivity contribution in [2.45, 2.75) is 142 Å². The summed E-state index contributed by atoms with van der Waals surface area (Å²) in [5.41, 5.74) is 2.33. The molecule has 0 bridgehead atoms. The predicted octanol–water partition coefficient (Wildman–Crippen LogP) is 8.32. The van der Waals surface area contributed by atoms with E-state index < -0.39 is 21.5 Å². The lowest BCUT2D eigenvalue weighted by Gasteiger charge is -2.23. The van der Waals surface area contributed by atoms with Gasteiger partial charge in [0.1, 0.15) is 17.1 Å². The van der Waals surface area contributed by atoms with Crippen molar-refractivity contribution in [3.8, 4) is 5.75 Å². The third-order valence-corrected chi connectivity index (χ3v) is 8.04. The summed E-state index contributed by atoms with van der Waals surface area (Å²) in [6, 6.07) is 6.34. The largest absolute Gasteiger partial charge is 0.489 e. The molecule has 1 aromatic carbocycles. The highest BCUT2D eigenvalue weighted by Crippen LogP contribution is 2.30. The second-order valence-corrected chi connectivity index (χ2v) is 11.5. The van der Waals surface area contributed by atoms with Crippen LogP contribution in [0.1, 0.15) is 129 Å². The number of ether oxygens (including phenoxy) is 1. The second kappa shape index (κ2) is 17.4. The Morgan fingerprint density at radius 2 is 1.12 bits per heavy atom. The molecule has 0 saturated heterocycles. The maximum Gasteiger partial charge on any atom is 0.271 e. The van der Waals surface area contributed by atoms with Crippen LogP contribution in [0.3, 0.4) is 0 Å². The van der Waals surface area contributed by atoms with Crippen molar-refractivity contribution >= 4 is 10.1 Å². The zero-order valence-corrected chi connectivity index (χ0v) is 22.6. The summed E-state index contributed by atoms with van der Waals surface area (Å²) in [6.45, 7) is 7.73. The lowest BCUT2D eigenvalue weighted by Crippen LogP contribution is -2.33. The maximum atomic E-state index is 11.6. The first-order chi connectivity index (χ1) is 15.8. The standard InChI is InChI=1S/C28H50O4S/c1-5-7-9-11-13-15-17-20-26-22-19-23-27(21-18-16-14-12-10-8-6-2)28(26)32-24(3)25(4)33(29,30)31/h19,22-25H,5-18,20-21H2,1-4H3,(H,29,30,31). The molecule has 0 aliphatic heterocycles. The molecule has 1 N–H and O–H groups in total. The van der Waals surface area contributed by atoms with Gasteiger partial charge >= 0.3 is 0 Å². The first-order valence-corrected chi connectivity index (χ1v) is 15.0. The molecule has 0 amide bonds. The summed E-state index contributed by atoms with van der Waals surface area (Å²) < 4.78 is 39.0. The van der Waals surface area contributed by atoms with Crippen LogP contribution >= 0.6 is 0 Å². The molecule has 192 valence electrons. The predicted molar refractivity (Wildman–Crippen MR) is 141 cm³/mol. The van der Waals surface area contributed by atoms with Crippen LogP contribution in [0.5, 0.6) is 5.75 Å². The molecule has 0 aliphatic carbocycles. The van der Waals surface area contributed by atoms with Gasteiger partial charge in [0.05, 0.1) is 0 Å². The van der Waals surface area contributed by atoms with Crippen LogP contribution in [0, 0.1) is 0 Å². The van der Waals surface area contributed by atoms with Crippen molar-refractivity contribution < 1.29 is 17.7 Å². The van der Waals surface area contributed by atoms with Crippen LogP contribution < -0.4 is 4.74 Å². The molecule has 0 aromatic heterocycles. The highest BCUT2D eigenvalue weighted by molar-refractivity contribution is 7.86. The Balaban J connectivity index is 2.77. The van der Waals surface area contributed by atoms with E-state index in [0.717, 1.165) is 31.4 Å². The molecule has 0 saturated carbocycles. The number of hydrogen-bond donors (Lipinski definition) is 1. The van der Waals surface area contributed by atoms with Gasteiger partial charge in [0, 0.05) is 0 Å². The normalized spacial score (nSPS) is 13.7. The fourth-order valence-corrected chi connectivity index (χ4v) is 4.79. The van der Waals surface area contributed by atoms with Gasteiger partial charge in [-0.05, 0) is 50.7 Å². The summed E-state index contributed by atoms with van der Waals surface area (Å²) >= 11 is 0. The zero-order chi connectivity index (χ0) is 24.5. The van der Waals surface area contributed by atoms with Gasteiger partial charge in [-0.2, -0.15) is 8.42 Å². The van der Waals surface area contributed by atoms with E-state index in [-0.39, 0.29) is 0 Å². The number of aryl methyl sites for hydroxylation is 2. The SMILES string of the molecule is CCCCCCCCCc1cccc(CCCCCCCCC)c1OC(C)C(C)S(=O)(=O)O. The van der Waals surface area contributed by atoms with E-state index in [0.29, 0.717) is 0 Å². The van der Waals surface area contributed by atoms with E-state index in [1.165, 1.54) is 95.1 Å². The molecule has 5 heteroatoms. The molecule has 2 atom stereocenters. The molecule has 0 spiro atoms. The van der Waals surface area contributed by atoms with Crippen LogP contribution in [0.4, 0.5) is 0 Å². The summed E-state index contributed by atoms with van der Waals surface area (Å²) in [4.78, 5) is 0. The van der Waals surface area contributed by atoms with Gasteiger partial charge in [0.25, 0.3) is 10.1 Å². The first kappa shape index (κ1) is 30.0. The monoisotopic (exact) mass is 482 g/mol. The Morgan fingerprint density at radius 3 is 1.52 bits per heavy atom. The Labute approximate surface area is 204 Å². The summed E-state index contributed by atoms with van der Waals surface area (Å²) in [5.74, 6) is 0.845. The van der Waals surface area contributed by atoms with Gasteiger partial charge in [0.2, 0.25) is 0 Å². The average Bonchev–Trinajstić information content (AvgIpc) is 2.78. The lowest BCUT2D eigenvalue weighted by atomic mass is 9.98. The van der Waals surface area contributed by atoms with Crippen molar-refractivity contribution in [3.63, 3.8) is 0 Å². The topological polar surface area (TPSA) is 63.6 Å². The molecule has 0 aliphatic rings. The van der Waals surface area contributed by atoms with E-state index in [1.807, 2.05) is 0 Å². The van der Waals surface area contributed by atoms with Gasteiger partial charge in [-0.15, -0.1) is 0 Å². The smallest absolute Gasteiger partial charge is 0.271 e. The third kappa shape index (κ3) is 12.8. The Kier molecular flexibility index (Phi) is 15.8. The highest BCUT2D eigenvalue weighted by atomic mass is 32.2. The molecule has 33 heavy (non-hydrogen) atoms. The van der Waals surface area contributed by atoms with Crippen molar-refractivity contribution in [1.29, 1.82) is 0 Å². The van der Waals surface area contributed by atoms with Crippen LogP contribution in [0.25, 0.3) is 0 Å². The molecular weight excluding hydrogens is 432 g/mol. The summed E-state index contributed by atoms with van der Waals surface area (Å²) in [5, 5.41) is -0.962. The van der Waals surface area contributed by atoms with E-state index in [2.05, 4.69) is 32.0 Å². The van der Waals surface area contributed by atoms with Gasteiger partial charge in [0.15, 0.2) is 0 Å². The zero-order valence-electron chi connectivity index (χ0n) is 21.8. The Bertz CT molecular complexity index is 693. The molecule has 4 nitrogen and oxygen atoms in total. The summed E-state index contributed by atoms with van der Waals surface area (Å²) in [6.07, 6.45) is 18.9. The van der Waals surface area contributed by atoms with Crippen molar-refractivity contribution in [1.82, 2.24) is 0 Å². The first-order valence-electron chi connectivity index (χ1n) is 13.5. The average molecular weight is 483 g/mol. The minimum absolute atomic E-state index is 0.608. The molecule has 0 radical (unpaired) electrons. The Morgan fingerprint density at radius 1 is 0.727 bits per heavy atom. The van der Waals surface area contributed by atoms with Crippen molar-refractivity contribution in [2.24, 2.45) is 0 Å². The van der Waals surface area contributed by atoms with Gasteiger partial charge in [-0.3, -0.25) is 4.55 Å². The van der Waals surface area contributed by atoms with Gasteiger partial charge < -0.3 is 4.74 Å². The molecule has 2 unspecified atom stereocenters.